The molecule has 0 aliphatic rings. The van der Waals surface area contributed by atoms with E-state index in [0.29, 0.717) is 17.3 Å². The molecule has 1 N–H and O–H groups in total. The second kappa shape index (κ2) is 9.47. The molecule has 0 aliphatic heterocycles. The Kier molecular flexibility index (Phi) is 6.45. The number of nitrogens with one attached hydrogen (secondary N) is 1. The molecule has 3 heterocycles. The van der Waals surface area contributed by atoms with Crippen molar-refractivity contribution in [2.24, 2.45) is 0 Å². The van der Waals surface area contributed by atoms with Crippen LogP contribution in [0.25, 0.3) is 16.5 Å². The minimum Gasteiger partial charge on any atom is -0.455 e. The van der Waals surface area contributed by atoms with Crippen LogP contribution in [0.1, 0.15) is 17.0 Å². The van der Waals surface area contributed by atoms with Crippen LogP contribution in [-0.2, 0) is 26.9 Å². The smallest absolute Gasteiger partial charge is 0.416 e. The molecule has 3 aromatic heterocycles. The van der Waals surface area contributed by atoms with Gasteiger partial charge in [-0.25, -0.2) is 14.6 Å². The van der Waals surface area contributed by atoms with Crippen molar-refractivity contribution in [2.45, 2.75) is 19.5 Å². The number of esters is 1. The second-order valence-electron chi connectivity index (χ2n) is 6.95. The minimum absolute atomic E-state index is 0.157. The SMILES string of the molecule is Cc1oc(-c2cccs2)nc1CC(=O)OCC(=O)Nc1cc(C(F)(F)F)ccc1-n1cncn1. The Morgan fingerprint density at radius 2 is 2.09 bits per heavy atom. The van der Waals surface area contributed by atoms with Crippen molar-refractivity contribution in [3.05, 3.63) is 65.4 Å². The van der Waals surface area contributed by atoms with Crippen molar-refractivity contribution < 1.29 is 31.9 Å². The third kappa shape index (κ3) is 5.31. The lowest BCUT2D eigenvalue weighted by atomic mass is 10.1. The zero-order chi connectivity index (χ0) is 24.3. The number of carbonyl (C=O) groups excluding carboxylic acids is 2. The predicted molar refractivity (Wildman–Crippen MR) is 114 cm³/mol. The maximum atomic E-state index is 13.1. The number of alkyl halides is 3. The van der Waals surface area contributed by atoms with E-state index in [4.69, 9.17) is 9.15 Å². The van der Waals surface area contributed by atoms with Crippen LogP contribution < -0.4 is 5.32 Å². The van der Waals surface area contributed by atoms with Gasteiger partial charge >= 0.3 is 12.1 Å². The maximum absolute atomic E-state index is 13.1. The first-order valence-corrected chi connectivity index (χ1v) is 10.6. The van der Waals surface area contributed by atoms with Crippen LogP contribution in [0.2, 0.25) is 0 Å². The van der Waals surface area contributed by atoms with Gasteiger partial charge in [0, 0.05) is 0 Å². The Balaban J connectivity index is 1.41. The first kappa shape index (κ1) is 23.2. The summed E-state index contributed by atoms with van der Waals surface area (Å²) < 4.78 is 51.1. The fourth-order valence-electron chi connectivity index (χ4n) is 2.96. The predicted octanol–water partition coefficient (Wildman–Crippen LogP) is 4.04. The van der Waals surface area contributed by atoms with E-state index in [1.165, 1.54) is 28.7 Å². The lowest BCUT2D eigenvalue weighted by Gasteiger charge is -2.14. The van der Waals surface area contributed by atoms with Crippen molar-refractivity contribution >= 4 is 28.9 Å². The highest BCUT2D eigenvalue weighted by molar-refractivity contribution is 7.13. The summed E-state index contributed by atoms with van der Waals surface area (Å²) in [5.74, 6) is -0.764. The average molecular weight is 491 g/mol. The number of rotatable bonds is 7. The van der Waals surface area contributed by atoms with Gasteiger partial charge in [-0.05, 0) is 36.6 Å². The van der Waals surface area contributed by atoms with Crippen LogP contribution in [0.3, 0.4) is 0 Å². The molecule has 0 fully saturated rings. The largest absolute Gasteiger partial charge is 0.455 e. The van der Waals surface area contributed by atoms with Gasteiger partial charge in [0.2, 0.25) is 5.89 Å². The molecule has 9 nitrogen and oxygen atoms in total. The normalized spacial score (nSPS) is 11.4. The van der Waals surface area contributed by atoms with E-state index >= 15 is 0 Å². The molecule has 0 atom stereocenters. The summed E-state index contributed by atoms with van der Waals surface area (Å²) in [6.07, 6.45) is -2.39. The van der Waals surface area contributed by atoms with Gasteiger partial charge in [-0.1, -0.05) is 6.07 Å². The highest BCUT2D eigenvalue weighted by Crippen LogP contribution is 2.33. The van der Waals surface area contributed by atoms with Gasteiger partial charge in [-0.2, -0.15) is 18.3 Å². The first-order valence-electron chi connectivity index (χ1n) is 9.72. The minimum atomic E-state index is -4.62. The standard InChI is InChI=1S/C21H16F3N5O4S/c1-12-14(28-20(33-12)17-3-2-6-34-17)8-19(31)32-9-18(30)27-15-7-13(21(22,23)24)4-5-16(15)29-11-25-10-26-29/h2-7,10-11H,8-9H2,1H3,(H,27,30). The maximum Gasteiger partial charge on any atom is 0.416 e. The second-order valence-corrected chi connectivity index (χ2v) is 7.90. The summed E-state index contributed by atoms with van der Waals surface area (Å²) in [6, 6.07) is 6.44. The number of ether oxygens (including phenoxy) is 1. The summed E-state index contributed by atoms with van der Waals surface area (Å²) in [4.78, 5) is 33.4. The Morgan fingerprint density at radius 1 is 1.26 bits per heavy atom. The van der Waals surface area contributed by atoms with Gasteiger partial charge in [-0.3, -0.25) is 9.59 Å². The van der Waals surface area contributed by atoms with E-state index in [-0.39, 0.29) is 17.8 Å². The molecule has 13 heteroatoms. The van der Waals surface area contributed by atoms with Crippen LogP contribution in [-0.4, -0.2) is 38.2 Å². The van der Waals surface area contributed by atoms with Gasteiger partial charge in [0.1, 0.15) is 18.4 Å². The lowest BCUT2D eigenvalue weighted by molar-refractivity contribution is -0.146. The number of amides is 1. The summed E-state index contributed by atoms with van der Waals surface area (Å²) in [7, 11) is 0. The number of benzene rings is 1. The Labute approximate surface area is 194 Å². The average Bonchev–Trinajstić information content (AvgIpc) is 3.55. The highest BCUT2D eigenvalue weighted by Gasteiger charge is 2.31. The van der Waals surface area contributed by atoms with Crippen LogP contribution >= 0.6 is 11.3 Å². The summed E-state index contributed by atoms with van der Waals surface area (Å²) in [5.41, 5.74) is -0.620. The number of nitrogens with zero attached hydrogens (tertiary/aromatic N) is 4. The van der Waals surface area contributed by atoms with Crippen LogP contribution in [0, 0.1) is 6.92 Å². The number of halogens is 3. The number of anilines is 1. The van der Waals surface area contributed by atoms with E-state index in [1.807, 2.05) is 17.5 Å². The Hall–Kier alpha value is -4.00. The lowest BCUT2D eigenvalue weighted by Crippen LogP contribution is -2.23. The molecule has 0 saturated carbocycles. The molecule has 0 spiro atoms. The van der Waals surface area contributed by atoms with E-state index in [0.717, 1.165) is 23.1 Å². The van der Waals surface area contributed by atoms with Crippen LogP contribution in [0.5, 0.6) is 0 Å². The topological polar surface area (TPSA) is 112 Å². The van der Waals surface area contributed by atoms with Crippen LogP contribution in [0.4, 0.5) is 18.9 Å². The highest BCUT2D eigenvalue weighted by atomic mass is 32.1. The summed E-state index contributed by atoms with van der Waals surface area (Å²) in [5, 5.41) is 8.06. The molecular formula is C21H16F3N5O4S. The molecule has 176 valence electrons. The van der Waals surface area contributed by atoms with Crippen molar-refractivity contribution in [2.75, 3.05) is 11.9 Å². The number of hydrogen-bond donors (Lipinski definition) is 1. The third-order valence-corrected chi connectivity index (χ3v) is 5.42. The van der Waals surface area contributed by atoms with Crippen molar-refractivity contribution in [3.8, 4) is 16.5 Å². The van der Waals surface area contributed by atoms with Crippen molar-refractivity contribution in [1.82, 2.24) is 19.7 Å². The molecular weight excluding hydrogens is 475 g/mol. The van der Waals surface area contributed by atoms with Crippen LogP contribution in [0.15, 0.2) is 52.8 Å². The molecule has 4 aromatic rings. The fraction of sp³-hybridized carbons (Fsp3) is 0.190. The van der Waals surface area contributed by atoms with E-state index in [2.05, 4.69) is 20.4 Å². The number of hydrogen-bond acceptors (Lipinski definition) is 8. The van der Waals surface area contributed by atoms with Gasteiger partial charge in [0.25, 0.3) is 5.91 Å². The Morgan fingerprint density at radius 3 is 2.76 bits per heavy atom. The van der Waals surface area contributed by atoms with Gasteiger partial charge in [0.15, 0.2) is 6.61 Å². The van der Waals surface area contributed by atoms with E-state index < -0.39 is 30.2 Å². The molecule has 0 bridgehead atoms. The molecule has 34 heavy (non-hydrogen) atoms. The van der Waals surface area contributed by atoms with Gasteiger partial charge in [0.05, 0.1) is 33.9 Å². The number of aryl methyl sites for hydroxylation is 1. The molecule has 1 aromatic carbocycles. The fourth-order valence-corrected chi connectivity index (χ4v) is 3.61. The molecule has 4 rings (SSSR count). The van der Waals surface area contributed by atoms with E-state index in [9.17, 15) is 22.8 Å². The molecule has 0 aliphatic carbocycles. The number of aromatic nitrogens is 4. The van der Waals surface area contributed by atoms with Crippen molar-refractivity contribution in [3.63, 3.8) is 0 Å². The third-order valence-electron chi connectivity index (χ3n) is 4.56. The number of thiophene rings is 1. The quantitative estimate of drug-likeness (QED) is 0.389. The van der Waals surface area contributed by atoms with Gasteiger partial charge in [-0.15, -0.1) is 11.3 Å². The molecule has 1 amide bonds. The zero-order valence-corrected chi connectivity index (χ0v) is 18.3. The molecule has 0 saturated heterocycles. The number of carbonyl (C=O) groups is 2. The van der Waals surface area contributed by atoms with Gasteiger partial charge < -0.3 is 14.5 Å². The Bertz CT molecular complexity index is 1300. The molecule has 0 radical (unpaired) electrons. The van der Waals surface area contributed by atoms with Crippen molar-refractivity contribution in [1.29, 1.82) is 0 Å². The monoisotopic (exact) mass is 491 g/mol. The summed E-state index contributed by atoms with van der Waals surface area (Å²) >= 11 is 1.43. The molecule has 0 unspecified atom stereocenters. The number of oxazole rings is 1. The first-order chi connectivity index (χ1) is 16.2. The van der Waals surface area contributed by atoms with E-state index in [1.54, 1.807) is 6.92 Å². The zero-order valence-electron chi connectivity index (χ0n) is 17.5. The summed E-state index contributed by atoms with van der Waals surface area (Å²) in [6.45, 7) is 0.944.